The number of aliphatic hydroxyl groups is 1. The molecule has 0 saturated carbocycles. The first-order valence-corrected chi connectivity index (χ1v) is 8.51. The highest BCUT2D eigenvalue weighted by molar-refractivity contribution is 6.34. The van der Waals surface area contributed by atoms with E-state index in [0.29, 0.717) is 10.7 Å². The van der Waals surface area contributed by atoms with Gasteiger partial charge in [0.2, 0.25) is 0 Å². The van der Waals surface area contributed by atoms with Gasteiger partial charge in [-0.15, -0.1) is 0 Å². The molecule has 126 valence electrons. The fraction of sp³-hybridized carbons (Fsp3) is 0.316. The van der Waals surface area contributed by atoms with E-state index in [4.69, 9.17) is 11.6 Å². The molecule has 0 radical (unpaired) electrons. The highest BCUT2D eigenvalue weighted by Crippen LogP contribution is 2.36. The van der Waals surface area contributed by atoms with Gasteiger partial charge >= 0.3 is 6.03 Å². The first-order valence-electron chi connectivity index (χ1n) is 8.13. The van der Waals surface area contributed by atoms with Crippen LogP contribution in [0.5, 0.6) is 0 Å². The molecule has 0 aliphatic heterocycles. The van der Waals surface area contributed by atoms with Crippen molar-refractivity contribution in [2.45, 2.75) is 25.8 Å². The Labute approximate surface area is 147 Å². The molecule has 1 aliphatic carbocycles. The Bertz CT molecular complexity index is 748. The van der Waals surface area contributed by atoms with Crippen molar-refractivity contribution in [3.05, 3.63) is 64.2 Å². The summed E-state index contributed by atoms with van der Waals surface area (Å²) in [5.41, 5.74) is 3.94. The molecule has 0 fully saturated rings. The highest BCUT2D eigenvalue weighted by Gasteiger charge is 2.30. The second-order valence-electron chi connectivity index (χ2n) is 6.04. The lowest BCUT2D eigenvalue weighted by molar-refractivity contribution is 0.162. The number of nitrogens with one attached hydrogen (secondary N) is 1. The van der Waals surface area contributed by atoms with Crippen LogP contribution in [0.15, 0.2) is 42.5 Å². The quantitative estimate of drug-likeness (QED) is 0.874. The summed E-state index contributed by atoms with van der Waals surface area (Å²) in [5, 5.41) is 12.8. The second kappa shape index (κ2) is 7.24. The van der Waals surface area contributed by atoms with Crippen LogP contribution in [0.2, 0.25) is 5.02 Å². The van der Waals surface area contributed by atoms with Crippen molar-refractivity contribution in [1.82, 2.24) is 4.90 Å². The summed E-state index contributed by atoms with van der Waals surface area (Å²) in [6.45, 7) is 2.11. The number of halogens is 1. The lowest BCUT2D eigenvalue weighted by Crippen LogP contribution is -2.39. The predicted molar refractivity (Wildman–Crippen MR) is 96.5 cm³/mol. The number of carbonyl (C=O) groups is 1. The van der Waals surface area contributed by atoms with Crippen LogP contribution < -0.4 is 5.32 Å². The molecular weight excluding hydrogens is 324 g/mol. The molecule has 5 heteroatoms. The first-order chi connectivity index (χ1) is 11.6. The van der Waals surface area contributed by atoms with Crippen molar-refractivity contribution in [2.75, 3.05) is 18.5 Å². The number of hydrogen-bond donors (Lipinski definition) is 2. The molecule has 0 heterocycles. The van der Waals surface area contributed by atoms with Crippen LogP contribution in [0.4, 0.5) is 10.5 Å². The van der Waals surface area contributed by atoms with Gasteiger partial charge in [-0.3, -0.25) is 0 Å². The Kier molecular flexibility index (Phi) is 5.07. The zero-order valence-corrected chi connectivity index (χ0v) is 14.4. The third-order valence-corrected chi connectivity index (χ3v) is 5.01. The summed E-state index contributed by atoms with van der Waals surface area (Å²) in [5.74, 6) is 0. The maximum atomic E-state index is 12.8. The number of aryl methyl sites for hydroxylation is 2. The monoisotopic (exact) mass is 344 g/mol. The molecule has 0 saturated heterocycles. The second-order valence-corrected chi connectivity index (χ2v) is 6.41. The van der Waals surface area contributed by atoms with Gasteiger partial charge in [0.1, 0.15) is 0 Å². The number of aliphatic hydroxyl groups excluding tert-OH is 1. The lowest BCUT2D eigenvalue weighted by Gasteiger charge is -2.29. The lowest BCUT2D eigenvalue weighted by atomic mass is 10.1. The van der Waals surface area contributed by atoms with E-state index in [9.17, 15) is 9.90 Å². The third kappa shape index (κ3) is 3.25. The Balaban J connectivity index is 1.83. The summed E-state index contributed by atoms with van der Waals surface area (Å²) < 4.78 is 0. The number of amides is 2. The predicted octanol–water partition coefficient (Wildman–Crippen LogP) is 4.16. The van der Waals surface area contributed by atoms with E-state index in [2.05, 4.69) is 17.4 Å². The standard InChI is InChI=1S/C19H21ClN2O2/c1-13-5-4-8-16(18(13)20)21-19(24)22(11-12-23)17-10-9-14-6-2-3-7-15(14)17/h2-8,17,23H,9-12H2,1H3,(H,21,24). The number of rotatable bonds is 4. The number of anilines is 1. The van der Waals surface area contributed by atoms with Gasteiger partial charge in [-0.25, -0.2) is 4.79 Å². The molecule has 3 rings (SSSR count). The molecular formula is C19H21ClN2O2. The molecule has 0 spiro atoms. The summed E-state index contributed by atoms with van der Waals surface area (Å²) in [7, 11) is 0. The van der Waals surface area contributed by atoms with E-state index in [1.807, 2.05) is 31.2 Å². The first kappa shape index (κ1) is 16.8. The van der Waals surface area contributed by atoms with E-state index >= 15 is 0 Å². The zero-order chi connectivity index (χ0) is 17.1. The van der Waals surface area contributed by atoms with Crippen molar-refractivity contribution >= 4 is 23.3 Å². The number of nitrogens with zero attached hydrogens (tertiary/aromatic N) is 1. The summed E-state index contributed by atoms with van der Waals surface area (Å²) in [4.78, 5) is 14.5. The molecule has 24 heavy (non-hydrogen) atoms. The van der Waals surface area contributed by atoms with Crippen molar-refractivity contribution in [1.29, 1.82) is 0 Å². The van der Waals surface area contributed by atoms with Gasteiger partial charge in [0.15, 0.2) is 0 Å². The average Bonchev–Trinajstić information content (AvgIpc) is 3.00. The van der Waals surface area contributed by atoms with Crippen LogP contribution in [-0.4, -0.2) is 29.2 Å². The van der Waals surface area contributed by atoms with Crippen molar-refractivity contribution in [3.8, 4) is 0 Å². The third-order valence-electron chi connectivity index (χ3n) is 4.51. The summed E-state index contributed by atoms with van der Waals surface area (Å²) in [6.07, 6.45) is 1.82. The number of urea groups is 1. The molecule has 4 nitrogen and oxygen atoms in total. The Morgan fingerprint density at radius 1 is 1.29 bits per heavy atom. The maximum absolute atomic E-state index is 12.8. The molecule has 0 bridgehead atoms. The Hall–Kier alpha value is -2.04. The summed E-state index contributed by atoms with van der Waals surface area (Å²) in [6, 6.07) is 13.5. The minimum absolute atomic E-state index is 0.0167. The van der Waals surface area contributed by atoms with Crippen LogP contribution >= 0.6 is 11.6 Å². The van der Waals surface area contributed by atoms with E-state index in [1.54, 1.807) is 11.0 Å². The summed E-state index contributed by atoms with van der Waals surface area (Å²) >= 11 is 6.28. The Morgan fingerprint density at radius 3 is 2.88 bits per heavy atom. The van der Waals surface area contributed by atoms with E-state index in [-0.39, 0.29) is 25.2 Å². The number of fused-ring (bicyclic) bond motifs is 1. The minimum atomic E-state index is -0.238. The maximum Gasteiger partial charge on any atom is 0.322 e. The molecule has 1 atom stereocenters. The molecule has 1 aliphatic rings. The average molecular weight is 345 g/mol. The fourth-order valence-corrected chi connectivity index (χ4v) is 3.47. The fourth-order valence-electron chi connectivity index (χ4n) is 3.30. The number of hydrogen-bond acceptors (Lipinski definition) is 2. The largest absolute Gasteiger partial charge is 0.395 e. The van der Waals surface area contributed by atoms with Gasteiger partial charge in [-0.05, 0) is 42.5 Å². The number of benzene rings is 2. The molecule has 1 unspecified atom stereocenters. The SMILES string of the molecule is Cc1cccc(NC(=O)N(CCO)C2CCc3ccccc32)c1Cl. The van der Waals surface area contributed by atoms with Crippen molar-refractivity contribution < 1.29 is 9.90 Å². The minimum Gasteiger partial charge on any atom is -0.395 e. The van der Waals surface area contributed by atoms with E-state index < -0.39 is 0 Å². The normalized spacial score (nSPS) is 15.9. The van der Waals surface area contributed by atoms with Gasteiger partial charge in [0.25, 0.3) is 0 Å². The smallest absolute Gasteiger partial charge is 0.322 e. The van der Waals surface area contributed by atoms with Gasteiger partial charge < -0.3 is 15.3 Å². The van der Waals surface area contributed by atoms with E-state index in [1.165, 1.54) is 5.56 Å². The topological polar surface area (TPSA) is 52.6 Å². The van der Waals surface area contributed by atoms with Gasteiger partial charge in [-0.1, -0.05) is 48.0 Å². The molecule has 0 aromatic heterocycles. The van der Waals surface area contributed by atoms with Crippen LogP contribution in [0.25, 0.3) is 0 Å². The van der Waals surface area contributed by atoms with Crippen molar-refractivity contribution in [2.24, 2.45) is 0 Å². The highest BCUT2D eigenvalue weighted by atomic mass is 35.5. The van der Waals surface area contributed by atoms with E-state index in [0.717, 1.165) is 24.0 Å². The van der Waals surface area contributed by atoms with Crippen LogP contribution in [0, 0.1) is 6.92 Å². The zero-order valence-electron chi connectivity index (χ0n) is 13.6. The van der Waals surface area contributed by atoms with Crippen LogP contribution in [-0.2, 0) is 6.42 Å². The van der Waals surface area contributed by atoms with Crippen LogP contribution in [0.1, 0.15) is 29.2 Å². The van der Waals surface area contributed by atoms with Gasteiger partial charge in [-0.2, -0.15) is 0 Å². The van der Waals surface area contributed by atoms with Gasteiger partial charge in [0, 0.05) is 6.54 Å². The Morgan fingerprint density at radius 2 is 2.08 bits per heavy atom. The molecule has 2 amide bonds. The van der Waals surface area contributed by atoms with Crippen LogP contribution in [0.3, 0.4) is 0 Å². The van der Waals surface area contributed by atoms with Crippen molar-refractivity contribution in [3.63, 3.8) is 0 Å². The molecule has 2 aromatic rings. The molecule has 2 N–H and O–H groups in total. The van der Waals surface area contributed by atoms with Gasteiger partial charge in [0.05, 0.1) is 23.4 Å². The molecule has 2 aromatic carbocycles. The number of carbonyl (C=O) groups excluding carboxylic acids is 1.